The second-order valence-corrected chi connectivity index (χ2v) is 1.95. The number of aliphatic hydroxyl groups is 1. The first-order valence-electron chi connectivity index (χ1n) is 2.35. The lowest BCUT2D eigenvalue weighted by atomic mass is 10.3. The van der Waals surface area contributed by atoms with Crippen LogP contribution in [-0.2, 0) is 0 Å². The van der Waals surface area contributed by atoms with Crippen molar-refractivity contribution in [2.24, 2.45) is 0 Å². The Labute approximate surface area is 57.8 Å². The molecule has 0 aromatic rings. The molecule has 2 heteroatoms. The van der Waals surface area contributed by atoms with Crippen molar-refractivity contribution in [1.82, 2.24) is 0 Å². The zero-order valence-electron chi connectivity index (χ0n) is 4.76. The van der Waals surface area contributed by atoms with E-state index in [1.54, 1.807) is 11.1 Å². The highest BCUT2D eigenvalue weighted by Gasteiger charge is 1.75. The third kappa shape index (κ3) is 4.09. The molecule has 0 rings (SSSR count). The highest BCUT2D eigenvalue weighted by molar-refractivity contribution is 9.11. The van der Waals surface area contributed by atoms with Gasteiger partial charge in [0, 0.05) is 0 Å². The molecule has 0 aliphatic carbocycles. The van der Waals surface area contributed by atoms with Crippen LogP contribution in [0.3, 0.4) is 0 Å². The lowest BCUT2D eigenvalue weighted by Gasteiger charge is -1.84. The van der Waals surface area contributed by atoms with Crippen molar-refractivity contribution in [2.75, 3.05) is 6.61 Å². The Balaban J connectivity index is 3.61. The third-order valence-electron chi connectivity index (χ3n) is 0.739. The first-order chi connectivity index (χ1) is 3.81. The van der Waals surface area contributed by atoms with Crippen molar-refractivity contribution >= 4 is 15.9 Å². The summed E-state index contributed by atoms with van der Waals surface area (Å²) in [5.41, 5.74) is 1.06. The van der Waals surface area contributed by atoms with Crippen molar-refractivity contribution in [3.05, 3.63) is 22.7 Å². The Morgan fingerprint density at radius 1 is 1.75 bits per heavy atom. The number of rotatable bonds is 2. The molecule has 46 valence electrons. The molecule has 0 amide bonds. The van der Waals surface area contributed by atoms with Crippen LogP contribution in [0.2, 0.25) is 0 Å². The van der Waals surface area contributed by atoms with Crippen molar-refractivity contribution in [3.63, 3.8) is 0 Å². The molecule has 1 N–H and O–H groups in total. The summed E-state index contributed by atoms with van der Waals surface area (Å²) >= 11 is 3.12. The SMILES string of the molecule is CC(C=CBr)=CCO. The van der Waals surface area contributed by atoms with Gasteiger partial charge in [0.1, 0.15) is 0 Å². The van der Waals surface area contributed by atoms with Crippen LogP contribution in [0, 0.1) is 0 Å². The average molecular weight is 177 g/mol. The fourth-order valence-electron chi connectivity index (χ4n) is 0.311. The lowest BCUT2D eigenvalue weighted by Crippen LogP contribution is -1.73. The molecule has 0 saturated carbocycles. The highest BCUT2D eigenvalue weighted by Crippen LogP contribution is 1.95. The maximum absolute atomic E-state index is 8.34. The van der Waals surface area contributed by atoms with E-state index in [4.69, 9.17) is 5.11 Å². The standard InChI is InChI=1S/C6H9BrO/c1-6(2-4-7)3-5-8/h2-4,8H,5H2,1H3. The Hall–Kier alpha value is -0.0800. The minimum absolute atomic E-state index is 0.114. The van der Waals surface area contributed by atoms with Gasteiger partial charge in [-0.05, 0) is 11.9 Å². The summed E-state index contributed by atoms with van der Waals surface area (Å²) in [5.74, 6) is 0. The predicted octanol–water partition coefficient (Wildman–Crippen LogP) is 1.83. The molecule has 0 unspecified atom stereocenters. The number of hydrogen-bond donors (Lipinski definition) is 1. The number of aliphatic hydroxyl groups excluding tert-OH is 1. The lowest BCUT2D eigenvalue weighted by molar-refractivity contribution is 0.342. The fraction of sp³-hybridized carbons (Fsp3) is 0.333. The minimum atomic E-state index is 0.114. The van der Waals surface area contributed by atoms with Gasteiger partial charge in [-0.1, -0.05) is 33.7 Å². The van der Waals surface area contributed by atoms with Gasteiger partial charge in [0.05, 0.1) is 6.61 Å². The Morgan fingerprint density at radius 3 is 2.75 bits per heavy atom. The molecule has 0 spiro atoms. The van der Waals surface area contributed by atoms with Crippen LogP contribution in [0.15, 0.2) is 22.7 Å². The fourth-order valence-corrected chi connectivity index (χ4v) is 0.728. The van der Waals surface area contributed by atoms with Crippen molar-refractivity contribution in [3.8, 4) is 0 Å². The van der Waals surface area contributed by atoms with Gasteiger partial charge in [-0.2, -0.15) is 0 Å². The molecule has 1 nitrogen and oxygen atoms in total. The maximum Gasteiger partial charge on any atom is 0.0617 e. The van der Waals surface area contributed by atoms with Crippen molar-refractivity contribution in [2.45, 2.75) is 6.92 Å². The molecule has 0 aromatic carbocycles. The third-order valence-corrected chi connectivity index (χ3v) is 1.00. The van der Waals surface area contributed by atoms with Crippen LogP contribution in [0.1, 0.15) is 6.92 Å². The van der Waals surface area contributed by atoms with E-state index in [2.05, 4.69) is 15.9 Å². The Morgan fingerprint density at radius 2 is 2.38 bits per heavy atom. The molecule has 0 fully saturated rings. The zero-order chi connectivity index (χ0) is 6.41. The van der Waals surface area contributed by atoms with E-state index in [0.717, 1.165) is 5.57 Å². The van der Waals surface area contributed by atoms with Gasteiger partial charge in [0.2, 0.25) is 0 Å². The Kier molecular flexibility index (Phi) is 5.01. The number of allylic oxidation sites excluding steroid dienone is 2. The minimum Gasteiger partial charge on any atom is -0.392 e. The van der Waals surface area contributed by atoms with Gasteiger partial charge in [0.25, 0.3) is 0 Å². The average Bonchev–Trinajstić information content (AvgIpc) is 1.68. The molecule has 0 saturated heterocycles. The molecule has 0 aromatic heterocycles. The first kappa shape index (κ1) is 7.92. The van der Waals surface area contributed by atoms with E-state index in [9.17, 15) is 0 Å². The molecule has 0 atom stereocenters. The number of hydrogen-bond acceptors (Lipinski definition) is 1. The van der Waals surface area contributed by atoms with Gasteiger partial charge in [-0.3, -0.25) is 0 Å². The predicted molar refractivity (Wildman–Crippen MR) is 38.9 cm³/mol. The van der Waals surface area contributed by atoms with Crippen LogP contribution >= 0.6 is 15.9 Å². The van der Waals surface area contributed by atoms with Crippen LogP contribution in [0.25, 0.3) is 0 Å². The van der Waals surface area contributed by atoms with Crippen LogP contribution in [0.4, 0.5) is 0 Å². The van der Waals surface area contributed by atoms with Crippen LogP contribution < -0.4 is 0 Å². The Bertz CT molecular complexity index is 105. The van der Waals surface area contributed by atoms with Gasteiger partial charge in [-0.25, -0.2) is 0 Å². The maximum atomic E-state index is 8.34. The molecule has 0 aliphatic rings. The summed E-state index contributed by atoms with van der Waals surface area (Å²) in [4.78, 5) is 1.76. The monoisotopic (exact) mass is 176 g/mol. The smallest absolute Gasteiger partial charge is 0.0617 e. The van der Waals surface area contributed by atoms with E-state index in [1.165, 1.54) is 0 Å². The highest BCUT2D eigenvalue weighted by atomic mass is 79.9. The van der Waals surface area contributed by atoms with E-state index in [-0.39, 0.29) is 6.61 Å². The first-order valence-corrected chi connectivity index (χ1v) is 3.27. The van der Waals surface area contributed by atoms with Crippen molar-refractivity contribution < 1.29 is 5.11 Å². The second-order valence-electron chi connectivity index (χ2n) is 1.42. The topological polar surface area (TPSA) is 20.2 Å². The molecular weight excluding hydrogens is 168 g/mol. The second kappa shape index (κ2) is 5.06. The molecule has 8 heavy (non-hydrogen) atoms. The van der Waals surface area contributed by atoms with Gasteiger partial charge < -0.3 is 5.11 Å². The molecular formula is C6H9BrO. The van der Waals surface area contributed by atoms with Crippen molar-refractivity contribution in [1.29, 1.82) is 0 Å². The van der Waals surface area contributed by atoms with Gasteiger partial charge in [-0.15, -0.1) is 0 Å². The van der Waals surface area contributed by atoms with Gasteiger partial charge >= 0.3 is 0 Å². The normalized spacial score (nSPS) is 13.1. The zero-order valence-corrected chi connectivity index (χ0v) is 6.35. The van der Waals surface area contributed by atoms with E-state index in [0.29, 0.717) is 0 Å². The van der Waals surface area contributed by atoms with Crippen LogP contribution in [0.5, 0.6) is 0 Å². The summed E-state index contributed by atoms with van der Waals surface area (Å²) < 4.78 is 0. The molecule has 0 heterocycles. The van der Waals surface area contributed by atoms with Gasteiger partial charge in [0.15, 0.2) is 0 Å². The van der Waals surface area contributed by atoms with E-state index < -0.39 is 0 Å². The summed E-state index contributed by atoms with van der Waals surface area (Å²) in [6.07, 6.45) is 3.61. The van der Waals surface area contributed by atoms with Crippen LogP contribution in [-0.4, -0.2) is 11.7 Å². The van der Waals surface area contributed by atoms with E-state index in [1.807, 2.05) is 13.0 Å². The summed E-state index contributed by atoms with van der Waals surface area (Å²) in [7, 11) is 0. The molecule has 0 aliphatic heterocycles. The number of halogens is 1. The quantitative estimate of drug-likeness (QED) is 0.638. The van der Waals surface area contributed by atoms with E-state index >= 15 is 0 Å². The molecule has 0 radical (unpaired) electrons. The summed E-state index contributed by atoms with van der Waals surface area (Å²) in [6.45, 7) is 2.04. The summed E-state index contributed by atoms with van der Waals surface area (Å²) in [6, 6.07) is 0. The summed E-state index contributed by atoms with van der Waals surface area (Å²) in [5, 5.41) is 8.34. The molecule has 0 bridgehead atoms. The largest absolute Gasteiger partial charge is 0.392 e.